The molecular formula is C20H23N3O4. The van der Waals surface area contributed by atoms with Gasteiger partial charge in [0.15, 0.2) is 6.61 Å². The fourth-order valence-corrected chi connectivity index (χ4v) is 2.46. The van der Waals surface area contributed by atoms with Gasteiger partial charge in [-0.2, -0.15) is 0 Å². The van der Waals surface area contributed by atoms with E-state index < -0.39 is 12.0 Å². The van der Waals surface area contributed by atoms with Crippen LogP contribution in [0.3, 0.4) is 0 Å². The Balaban J connectivity index is 1.93. The van der Waals surface area contributed by atoms with Crippen LogP contribution in [-0.4, -0.2) is 35.5 Å². The van der Waals surface area contributed by atoms with Gasteiger partial charge in [0.25, 0.3) is 5.91 Å². The Morgan fingerprint density at radius 1 is 1.04 bits per heavy atom. The first kappa shape index (κ1) is 20.0. The monoisotopic (exact) mass is 369 g/mol. The summed E-state index contributed by atoms with van der Waals surface area (Å²) >= 11 is 0. The Morgan fingerprint density at radius 3 is 2.22 bits per heavy atom. The minimum Gasteiger partial charge on any atom is -0.452 e. The van der Waals surface area contributed by atoms with Crippen LogP contribution in [0.25, 0.3) is 0 Å². The van der Waals surface area contributed by atoms with Crippen LogP contribution in [0.4, 0.5) is 10.5 Å². The smallest absolute Gasteiger partial charge is 0.338 e. The molecule has 0 radical (unpaired) electrons. The fourth-order valence-electron chi connectivity index (χ4n) is 2.46. The minimum atomic E-state index is -0.692. The second-order valence-electron chi connectivity index (χ2n) is 6.24. The lowest BCUT2D eigenvalue weighted by molar-refractivity contribution is -0.136. The molecule has 7 heteroatoms. The van der Waals surface area contributed by atoms with Crippen molar-refractivity contribution in [3.05, 3.63) is 65.7 Å². The number of esters is 1. The third kappa shape index (κ3) is 6.14. The topological polar surface area (TPSA) is 102 Å². The summed E-state index contributed by atoms with van der Waals surface area (Å²) in [5, 5.41) is 2.40. The van der Waals surface area contributed by atoms with E-state index in [1.807, 2.05) is 44.2 Å². The van der Waals surface area contributed by atoms with Crippen molar-refractivity contribution in [2.75, 3.05) is 11.9 Å². The molecule has 2 rings (SSSR count). The third-order valence-corrected chi connectivity index (χ3v) is 3.85. The molecule has 0 bridgehead atoms. The highest BCUT2D eigenvalue weighted by molar-refractivity contribution is 5.93. The predicted octanol–water partition coefficient (Wildman–Crippen LogP) is 2.77. The van der Waals surface area contributed by atoms with Crippen molar-refractivity contribution in [2.45, 2.75) is 26.4 Å². The number of carbonyl (C=O) groups excluding carboxylic acids is 3. The van der Waals surface area contributed by atoms with Gasteiger partial charge in [0, 0.05) is 18.3 Å². The zero-order valence-corrected chi connectivity index (χ0v) is 15.3. The second-order valence-corrected chi connectivity index (χ2v) is 6.24. The number of rotatable bonds is 7. The molecule has 0 unspecified atom stereocenters. The summed E-state index contributed by atoms with van der Waals surface area (Å²) in [4.78, 5) is 37.1. The van der Waals surface area contributed by atoms with Crippen molar-refractivity contribution >= 4 is 23.6 Å². The van der Waals surface area contributed by atoms with Gasteiger partial charge in [-0.1, -0.05) is 30.3 Å². The number of benzene rings is 2. The lowest BCUT2D eigenvalue weighted by Crippen LogP contribution is -2.39. The number of ether oxygens (including phenoxy) is 1. The zero-order chi connectivity index (χ0) is 19.8. The van der Waals surface area contributed by atoms with Crippen LogP contribution < -0.4 is 11.1 Å². The molecule has 2 aromatic carbocycles. The summed E-state index contributed by atoms with van der Waals surface area (Å²) < 4.78 is 5.14. The van der Waals surface area contributed by atoms with Crippen LogP contribution in [0.5, 0.6) is 0 Å². The first-order valence-electron chi connectivity index (χ1n) is 8.54. The molecule has 0 aliphatic rings. The molecule has 3 amide bonds. The number of urea groups is 1. The SMILES string of the molecule is CC(C)N(Cc1ccccc1)C(=O)COC(=O)c1ccc(NC(N)=O)cc1. The van der Waals surface area contributed by atoms with Gasteiger partial charge in [-0.15, -0.1) is 0 Å². The Labute approximate surface area is 158 Å². The summed E-state index contributed by atoms with van der Waals surface area (Å²) in [6.45, 7) is 3.92. The van der Waals surface area contributed by atoms with E-state index in [0.29, 0.717) is 12.2 Å². The molecule has 7 nitrogen and oxygen atoms in total. The van der Waals surface area contributed by atoms with Gasteiger partial charge in [-0.3, -0.25) is 4.79 Å². The third-order valence-electron chi connectivity index (χ3n) is 3.85. The van der Waals surface area contributed by atoms with Crippen molar-refractivity contribution in [3.63, 3.8) is 0 Å². The van der Waals surface area contributed by atoms with Gasteiger partial charge in [0.2, 0.25) is 0 Å². The van der Waals surface area contributed by atoms with Crippen LogP contribution in [0.15, 0.2) is 54.6 Å². The number of carbonyl (C=O) groups is 3. The number of hydrogen-bond acceptors (Lipinski definition) is 4. The maximum Gasteiger partial charge on any atom is 0.338 e. The molecule has 27 heavy (non-hydrogen) atoms. The Morgan fingerprint density at radius 2 is 1.67 bits per heavy atom. The Hall–Kier alpha value is -3.35. The highest BCUT2D eigenvalue weighted by atomic mass is 16.5. The molecule has 0 aliphatic heterocycles. The summed E-state index contributed by atoms with van der Waals surface area (Å²) in [7, 11) is 0. The number of hydrogen-bond donors (Lipinski definition) is 2. The molecule has 0 atom stereocenters. The molecule has 0 fully saturated rings. The molecule has 0 aromatic heterocycles. The Bertz CT molecular complexity index is 789. The largest absolute Gasteiger partial charge is 0.452 e. The minimum absolute atomic E-state index is 0.0319. The van der Waals surface area contributed by atoms with E-state index in [-0.39, 0.29) is 24.1 Å². The molecule has 0 aliphatic carbocycles. The van der Waals surface area contributed by atoms with Gasteiger partial charge in [-0.25, -0.2) is 9.59 Å². The van der Waals surface area contributed by atoms with Crippen molar-refractivity contribution in [3.8, 4) is 0 Å². The standard InChI is InChI=1S/C20H23N3O4/c1-14(2)23(12-15-6-4-3-5-7-15)18(24)13-27-19(25)16-8-10-17(11-9-16)22-20(21)26/h3-11,14H,12-13H2,1-2H3,(H3,21,22,26). The van der Waals surface area contributed by atoms with Crippen LogP contribution in [0, 0.1) is 0 Å². The number of nitrogens with two attached hydrogens (primary N) is 1. The summed E-state index contributed by atoms with van der Waals surface area (Å²) in [5.41, 5.74) is 6.77. The van der Waals surface area contributed by atoms with Gasteiger partial charge < -0.3 is 20.7 Å². The summed E-state index contributed by atoms with van der Waals surface area (Å²) in [6, 6.07) is 14.9. The predicted molar refractivity (Wildman–Crippen MR) is 102 cm³/mol. The van der Waals surface area contributed by atoms with E-state index in [1.165, 1.54) is 24.3 Å². The van der Waals surface area contributed by atoms with E-state index in [2.05, 4.69) is 5.32 Å². The average Bonchev–Trinajstić information content (AvgIpc) is 2.64. The first-order valence-corrected chi connectivity index (χ1v) is 8.54. The number of nitrogens with one attached hydrogen (secondary N) is 1. The van der Waals surface area contributed by atoms with E-state index in [9.17, 15) is 14.4 Å². The van der Waals surface area contributed by atoms with E-state index in [1.54, 1.807) is 4.90 Å². The van der Waals surface area contributed by atoms with Crippen LogP contribution in [-0.2, 0) is 16.1 Å². The van der Waals surface area contributed by atoms with Gasteiger partial charge in [0.1, 0.15) is 0 Å². The van der Waals surface area contributed by atoms with Gasteiger partial charge in [0.05, 0.1) is 5.56 Å². The molecule has 0 heterocycles. The molecule has 142 valence electrons. The number of anilines is 1. The lowest BCUT2D eigenvalue weighted by Gasteiger charge is -2.26. The lowest BCUT2D eigenvalue weighted by atomic mass is 10.2. The number of amides is 3. The van der Waals surface area contributed by atoms with E-state index in [0.717, 1.165) is 5.56 Å². The highest BCUT2D eigenvalue weighted by Gasteiger charge is 2.19. The number of nitrogens with zero attached hydrogens (tertiary/aromatic N) is 1. The Kier molecular flexibility index (Phi) is 6.93. The summed E-state index contributed by atoms with van der Waals surface area (Å²) in [6.07, 6.45) is 0. The van der Waals surface area contributed by atoms with Crippen LogP contribution in [0.2, 0.25) is 0 Å². The molecule has 3 N–H and O–H groups in total. The molecule has 2 aromatic rings. The molecular weight excluding hydrogens is 346 g/mol. The number of primary amides is 1. The van der Waals surface area contributed by atoms with Crippen LogP contribution >= 0.6 is 0 Å². The maximum atomic E-state index is 12.5. The first-order chi connectivity index (χ1) is 12.9. The summed E-state index contributed by atoms with van der Waals surface area (Å²) in [5.74, 6) is -0.883. The second kappa shape index (κ2) is 9.38. The molecule has 0 spiro atoms. The van der Waals surface area contributed by atoms with Crippen molar-refractivity contribution < 1.29 is 19.1 Å². The van der Waals surface area contributed by atoms with Crippen molar-refractivity contribution in [1.29, 1.82) is 0 Å². The van der Waals surface area contributed by atoms with Gasteiger partial charge in [-0.05, 0) is 43.7 Å². The van der Waals surface area contributed by atoms with Crippen LogP contribution in [0.1, 0.15) is 29.8 Å². The average molecular weight is 369 g/mol. The zero-order valence-electron chi connectivity index (χ0n) is 15.3. The molecule has 0 saturated heterocycles. The van der Waals surface area contributed by atoms with Crippen molar-refractivity contribution in [2.24, 2.45) is 5.73 Å². The molecule has 0 saturated carbocycles. The maximum absolute atomic E-state index is 12.5. The fraction of sp³-hybridized carbons (Fsp3) is 0.250. The van der Waals surface area contributed by atoms with E-state index in [4.69, 9.17) is 10.5 Å². The quantitative estimate of drug-likeness (QED) is 0.733. The highest BCUT2D eigenvalue weighted by Crippen LogP contribution is 2.12. The normalized spacial score (nSPS) is 10.3. The van der Waals surface area contributed by atoms with Crippen molar-refractivity contribution in [1.82, 2.24) is 4.90 Å². The van der Waals surface area contributed by atoms with Gasteiger partial charge >= 0.3 is 12.0 Å². The van der Waals surface area contributed by atoms with E-state index >= 15 is 0 Å².